The number of ketones is 1. The van der Waals surface area contributed by atoms with Gasteiger partial charge in [0, 0.05) is 11.3 Å². The van der Waals surface area contributed by atoms with E-state index < -0.39 is 0 Å². The average molecular weight is 326 g/mol. The summed E-state index contributed by atoms with van der Waals surface area (Å²) in [5.74, 6) is 3.90. The van der Waals surface area contributed by atoms with Gasteiger partial charge in [-0.15, -0.1) is 0 Å². The van der Waals surface area contributed by atoms with E-state index in [-0.39, 0.29) is 5.41 Å². The van der Waals surface area contributed by atoms with Crippen LogP contribution in [0.3, 0.4) is 0 Å². The molecule has 0 spiro atoms. The predicted molar refractivity (Wildman–Crippen MR) is 96.4 cm³/mol. The standard InChI is InChI=1S/C22H30O2/c1-4-14-13-20-19-8-6-15-12-16(24-3)7-9-17(15)18(19)10-11-22(20,5-2)21(14)23/h7,9,12,14,18-20H,4-6,8,10-11,13H2,1-3H3/t14-,18+,19+,20-,22-/m0/s1. The number of hydrogen-bond donors (Lipinski definition) is 0. The van der Waals surface area contributed by atoms with E-state index in [1.807, 2.05) is 0 Å². The van der Waals surface area contributed by atoms with E-state index in [4.69, 9.17) is 4.74 Å². The van der Waals surface area contributed by atoms with E-state index in [2.05, 4.69) is 32.0 Å². The first kappa shape index (κ1) is 16.2. The fourth-order valence-electron chi connectivity index (χ4n) is 6.39. The minimum Gasteiger partial charge on any atom is -0.497 e. The number of methoxy groups -OCH3 is 1. The number of Topliss-reactive ketones (excluding diaryl/α,β-unsaturated/α-hetero) is 1. The molecule has 2 heteroatoms. The number of benzene rings is 1. The summed E-state index contributed by atoms with van der Waals surface area (Å²) in [6, 6.07) is 6.66. The van der Waals surface area contributed by atoms with Crippen molar-refractivity contribution >= 4 is 5.78 Å². The predicted octanol–water partition coefficient (Wildman–Crippen LogP) is 5.15. The van der Waals surface area contributed by atoms with Crippen molar-refractivity contribution in [2.75, 3.05) is 7.11 Å². The maximum absolute atomic E-state index is 13.1. The molecule has 4 rings (SSSR count). The second-order valence-corrected chi connectivity index (χ2v) is 8.23. The highest BCUT2D eigenvalue weighted by atomic mass is 16.5. The van der Waals surface area contributed by atoms with Crippen molar-refractivity contribution in [3.05, 3.63) is 29.3 Å². The summed E-state index contributed by atoms with van der Waals surface area (Å²) in [5, 5.41) is 0. The Morgan fingerprint density at radius 2 is 2.08 bits per heavy atom. The van der Waals surface area contributed by atoms with E-state index in [0.717, 1.165) is 37.9 Å². The average Bonchev–Trinajstić information content (AvgIpc) is 2.93. The molecular weight excluding hydrogens is 296 g/mol. The number of aryl methyl sites for hydroxylation is 1. The van der Waals surface area contributed by atoms with Crippen molar-refractivity contribution in [3.63, 3.8) is 0 Å². The monoisotopic (exact) mass is 326 g/mol. The number of carbonyl (C=O) groups is 1. The zero-order chi connectivity index (χ0) is 16.9. The molecule has 0 aromatic heterocycles. The molecule has 0 radical (unpaired) electrons. The van der Waals surface area contributed by atoms with E-state index >= 15 is 0 Å². The van der Waals surface area contributed by atoms with Crippen LogP contribution in [0.25, 0.3) is 0 Å². The quantitative estimate of drug-likeness (QED) is 0.768. The van der Waals surface area contributed by atoms with Gasteiger partial charge in [0.25, 0.3) is 0 Å². The van der Waals surface area contributed by atoms with Gasteiger partial charge in [-0.25, -0.2) is 0 Å². The molecule has 5 atom stereocenters. The van der Waals surface area contributed by atoms with Gasteiger partial charge in [0.1, 0.15) is 11.5 Å². The van der Waals surface area contributed by atoms with Crippen LogP contribution in [0.15, 0.2) is 18.2 Å². The second kappa shape index (κ2) is 5.89. The van der Waals surface area contributed by atoms with Crippen LogP contribution in [0.4, 0.5) is 0 Å². The highest BCUT2D eigenvalue weighted by molar-refractivity contribution is 5.89. The lowest BCUT2D eigenvalue weighted by atomic mass is 9.54. The van der Waals surface area contributed by atoms with Gasteiger partial charge in [-0.3, -0.25) is 4.79 Å². The van der Waals surface area contributed by atoms with Gasteiger partial charge in [-0.05, 0) is 86.0 Å². The molecule has 3 aliphatic rings. The molecule has 0 aliphatic heterocycles. The van der Waals surface area contributed by atoms with Crippen molar-refractivity contribution < 1.29 is 9.53 Å². The Bertz CT molecular complexity index is 649. The SMILES string of the molecule is CC[C@H]1C[C@H]2[C@@H]3CCc4cc(OC)ccc4[C@H]3CC[C@]2(CC)C1=O. The molecule has 130 valence electrons. The van der Waals surface area contributed by atoms with Gasteiger partial charge < -0.3 is 4.74 Å². The summed E-state index contributed by atoms with van der Waals surface area (Å²) in [6.45, 7) is 4.45. The summed E-state index contributed by atoms with van der Waals surface area (Å²) in [6.07, 6.45) is 7.92. The topological polar surface area (TPSA) is 26.3 Å². The fourth-order valence-corrected chi connectivity index (χ4v) is 6.39. The Hall–Kier alpha value is -1.31. The highest BCUT2D eigenvalue weighted by Gasteiger charge is 2.58. The van der Waals surface area contributed by atoms with Crippen LogP contribution >= 0.6 is 0 Å². The molecule has 0 N–H and O–H groups in total. The lowest BCUT2D eigenvalue weighted by molar-refractivity contribution is -0.133. The van der Waals surface area contributed by atoms with Crippen molar-refractivity contribution in [2.24, 2.45) is 23.2 Å². The van der Waals surface area contributed by atoms with Gasteiger partial charge in [0.2, 0.25) is 0 Å². The van der Waals surface area contributed by atoms with Crippen molar-refractivity contribution in [2.45, 2.75) is 64.7 Å². The third kappa shape index (κ3) is 2.11. The van der Waals surface area contributed by atoms with Crippen LogP contribution in [0.5, 0.6) is 5.75 Å². The van der Waals surface area contributed by atoms with Crippen LogP contribution < -0.4 is 4.74 Å². The van der Waals surface area contributed by atoms with Crippen molar-refractivity contribution in [1.82, 2.24) is 0 Å². The molecule has 2 nitrogen and oxygen atoms in total. The largest absolute Gasteiger partial charge is 0.497 e. The van der Waals surface area contributed by atoms with Crippen LogP contribution in [0.2, 0.25) is 0 Å². The Labute approximate surface area is 146 Å². The normalized spacial score (nSPS) is 37.5. The summed E-state index contributed by atoms with van der Waals surface area (Å²) in [4.78, 5) is 13.1. The van der Waals surface area contributed by atoms with Crippen LogP contribution in [-0.2, 0) is 11.2 Å². The fraction of sp³-hybridized carbons (Fsp3) is 0.682. The Morgan fingerprint density at radius 1 is 1.25 bits per heavy atom. The molecule has 1 aromatic carbocycles. The van der Waals surface area contributed by atoms with E-state index in [1.54, 1.807) is 12.7 Å². The minimum atomic E-state index is 0.00577. The van der Waals surface area contributed by atoms with Crippen LogP contribution in [0.1, 0.15) is 69.4 Å². The first-order valence-corrected chi connectivity index (χ1v) is 9.85. The minimum absolute atomic E-state index is 0.00577. The number of rotatable bonds is 3. The third-order valence-electron chi connectivity index (χ3n) is 7.67. The second-order valence-electron chi connectivity index (χ2n) is 8.23. The summed E-state index contributed by atoms with van der Waals surface area (Å²) in [7, 11) is 1.75. The third-order valence-corrected chi connectivity index (χ3v) is 7.67. The molecule has 0 amide bonds. The lowest BCUT2D eigenvalue weighted by Crippen LogP contribution is -2.44. The lowest BCUT2D eigenvalue weighted by Gasteiger charge is -2.49. The zero-order valence-corrected chi connectivity index (χ0v) is 15.3. The van der Waals surface area contributed by atoms with Gasteiger partial charge >= 0.3 is 0 Å². The van der Waals surface area contributed by atoms with Crippen molar-refractivity contribution in [1.29, 1.82) is 0 Å². The molecular formula is C22H30O2. The number of fused-ring (bicyclic) bond motifs is 5. The van der Waals surface area contributed by atoms with Gasteiger partial charge in [0.15, 0.2) is 0 Å². The molecule has 2 fully saturated rings. The first-order chi connectivity index (χ1) is 11.6. The van der Waals surface area contributed by atoms with E-state index in [1.165, 1.54) is 18.4 Å². The Morgan fingerprint density at radius 3 is 2.79 bits per heavy atom. The van der Waals surface area contributed by atoms with E-state index in [9.17, 15) is 4.79 Å². The summed E-state index contributed by atoms with van der Waals surface area (Å²) in [5.41, 5.74) is 3.03. The van der Waals surface area contributed by atoms with Gasteiger partial charge in [0.05, 0.1) is 7.11 Å². The molecule has 0 bridgehead atoms. The summed E-state index contributed by atoms with van der Waals surface area (Å²) < 4.78 is 5.42. The van der Waals surface area contributed by atoms with E-state index in [0.29, 0.717) is 29.5 Å². The molecule has 0 saturated heterocycles. The number of hydrogen-bond acceptors (Lipinski definition) is 2. The molecule has 3 aliphatic carbocycles. The summed E-state index contributed by atoms with van der Waals surface area (Å²) >= 11 is 0. The Kier molecular flexibility index (Phi) is 3.97. The Balaban J connectivity index is 1.70. The molecule has 2 saturated carbocycles. The highest BCUT2D eigenvalue weighted by Crippen LogP contribution is 2.62. The zero-order valence-electron chi connectivity index (χ0n) is 15.3. The van der Waals surface area contributed by atoms with Crippen LogP contribution in [-0.4, -0.2) is 12.9 Å². The molecule has 24 heavy (non-hydrogen) atoms. The maximum atomic E-state index is 13.1. The van der Waals surface area contributed by atoms with Crippen LogP contribution in [0, 0.1) is 23.2 Å². The number of carbonyl (C=O) groups excluding carboxylic acids is 1. The van der Waals surface area contributed by atoms with Crippen molar-refractivity contribution in [3.8, 4) is 5.75 Å². The molecule has 0 unspecified atom stereocenters. The molecule has 1 aromatic rings. The maximum Gasteiger partial charge on any atom is 0.142 e. The first-order valence-electron chi connectivity index (χ1n) is 9.85. The molecule has 0 heterocycles. The van der Waals surface area contributed by atoms with Gasteiger partial charge in [-0.1, -0.05) is 19.9 Å². The van der Waals surface area contributed by atoms with Gasteiger partial charge in [-0.2, -0.15) is 0 Å². The smallest absolute Gasteiger partial charge is 0.142 e. The number of ether oxygens (including phenoxy) is 1.